The smallest absolute Gasteiger partial charge is 0.143 e. The standard InChI is InChI=1S/C56H37NO/c1-2-13-42(14-3-1)49-19-8-9-22-53(49)57(47-33-30-40(31-34-47)39-24-26-41(27-25-39)45-29-28-38-12-4-5-16-44(38)36-45)48-18-10-17-46(37-48)50-21-11-23-54-55(50)52-35-32-43-15-6-7-20-51(43)56(52)58-54/h1-37H. The van der Waals surface area contributed by atoms with Crippen molar-refractivity contribution in [3.63, 3.8) is 0 Å². The first kappa shape index (κ1) is 33.6. The Bertz CT molecular complexity index is 3270. The van der Waals surface area contributed by atoms with E-state index in [4.69, 9.17) is 4.42 Å². The summed E-state index contributed by atoms with van der Waals surface area (Å²) in [5, 5.41) is 7.07. The molecule has 2 heteroatoms. The second kappa shape index (κ2) is 14.1. The van der Waals surface area contributed by atoms with Gasteiger partial charge in [-0.2, -0.15) is 0 Å². The largest absolute Gasteiger partial charge is 0.455 e. The number of furan rings is 1. The number of benzene rings is 10. The molecular weight excluding hydrogens is 703 g/mol. The number of para-hydroxylation sites is 1. The van der Waals surface area contributed by atoms with Gasteiger partial charge in [-0.1, -0.05) is 176 Å². The summed E-state index contributed by atoms with van der Waals surface area (Å²) in [4.78, 5) is 2.39. The average molecular weight is 740 g/mol. The number of hydrogen-bond donors (Lipinski definition) is 0. The van der Waals surface area contributed by atoms with E-state index < -0.39 is 0 Å². The van der Waals surface area contributed by atoms with Crippen molar-refractivity contribution in [2.24, 2.45) is 0 Å². The second-order valence-electron chi connectivity index (χ2n) is 14.9. The third kappa shape index (κ3) is 5.91. The lowest BCUT2D eigenvalue weighted by Crippen LogP contribution is -2.11. The van der Waals surface area contributed by atoms with E-state index >= 15 is 0 Å². The van der Waals surface area contributed by atoms with E-state index in [2.05, 4.69) is 229 Å². The van der Waals surface area contributed by atoms with Crippen LogP contribution in [-0.4, -0.2) is 0 Å². The molecule has 0 fully saturated rings. The van der Waals surface area contributed by atoms with E-state index in [1.807, 2.05) is 0 Å². The van der Waals surface area contributed by atoms with E-state index in [-0.39, 0.29) is 0 Å². The molecule has 10 aromatic carbocycles. The first-order valence-corrected chi connectivity index (χ1v) is 19.8. The summed E-state index contributed by atoms with van der Waals surface area (Å²) in [6.07, 6.45) is 0. The van der Waals surface area contributed by atoms with Gasteiger partial charge in [-0.15, -0.1) is 0 Å². The van der Waals surface area contributed by atoms with E-state index in [1.165, 1.54) is 44.0 Å². The zero-order valence-electron chi connectivity index (χ0n) is 31.7. The van der Waals surface area contributed by atoms with Crippen molar-refractivity contribution in [1.82, 2.24) is 0 Å². The molecule has 0 aliphatic heterocycles. The minimum absolute atomic E-state index is 0.890. The van der Waals surface area contributed by atoms with Gasteiger partial charge in [0.15, 0.2) is 0 Å². The van der Waals surface area contributed by atoms with Crippen LogP contribution in [0.3, 0.4) is 0 Å². The van der Waals surface area contributed by atoms with Gasteiger partial charge in [0.25, 0.3) is 0 Å². The van der Waals surface area contributed by atoms with Gasteiger partial charge in [0.05, 0.1) is 5.69 Å². The molecule has 0 radical (unpaired) electrons. The first-order valence-electron chi connectivity index (χ1n) is 19.8. The maximum Gasteiger partial charge on any atom is 0.143 e. The number of hydrogen-bond acceptors (Lipinski definition) is 2. The molecule has 0 spiro atoms. The predicted molar refractivity (Wildman–Crippen MR) is 245 cm³/mol. The highest BCUT2D eigenvalue weighted by Gasteiger charge is 2.20. The number of anilines is 3. The van der Waals surface area contributed by atoms with E-state index in [1.54, 1.807) is 0 Å². The molecule has 272 valence electrons. The summed E-state index contributed by atoms with van der Waals surface area (Å²) in [6, 6.07) is 80.6. The molecule has 11 aromatic rings. The Morgan fingerprint density at radius 3 is 1.74 bits per heavy atom. The Hall–Kier alpha value is -7.68. The Morgan fingerprint density at radius 2 is 0.914 bits per heavy atom. The Labute approximate surface area is 337 Å². The fourth-order valence-electron chi connectivity index (χ4n) is 8.59. The minimum Gasteiger partial charge on any atom is -0.455 e. The molecule has 11 rings (SSSR count). The molecule has 0 amide bonds. The third-order valence-electron chi connectivity index (χ3n) is 11.5. The molecule has 0 unspecified atom stereocenters. The van der Waals surface area contributed by atoms with Crippen molar-refractivity contribution < 1.29 is 4.42 Å². The fraction of sp³-hybridized carbons (Fsp3) is 0. The fourth-order valence-corrected chi connectivity index (χ4v) is 8.59. The van der Waals surface area contributed by atoms with Crippen LogP contribution in [0, 0.1) is 0 Å². The summed E-state index contributed by atoms with van der Waals surface area (Å²) in [5.41, 5.74) is 14.5. The van der Waals surface area contributed by atoms with Crippen LogP contribution in [-0.2, 0) is 0 Å². The van der Waals surface area contributed by atoms with Crippen LogP contribution < -0.4 is 4.90 Å². The van der Waals surface area contributed by atoms with Gasteiger partial charge in [0.1, 0.15) is 11.2 Å². The van der Waals surface area contributed by atoms with Crippen LogP contribution in [0.1, 0.15) is 0 Å². The lowest BCUT2D eigenvalue weighted by atomic mass is 9.97. The quantitative estimate of drug-likeness (QED) is 0.162. The van der Waals surface area contributed by atoms with Gasteiger partial charge < -0.3 is 9.32 Å². The number of nitrogens with zero attached hydrogens (tertiary/aromatic N) is 1. The molecule has 2 nitrogen and oxygen atoms in total. The normalized spacial score (nSPS) is 11.4. The third-order valence-corrected chi connectivity index (χ3v) is 11.5. The van der Waals surface area contributed by atoms with Crippen molar-refractivity contribution in [2.45, 2.75) is 0 Å². The SMILES string of the molecule is c1ccc(-c2ccccc2N(c2ccc(-c3ccc(-c4ccc5ccccc5c4)cc3)cc2)c2cccc(-c3cccc4oc5c6ccccc6ccc5c34)c2)cc1. The van der Waals surface area contributed by atoms with Crippen molar-refractivity contribution in [1.29, 1.82) is 0 Å². The second-order valence-corrected chi connectivity index (χ2v) is 14.9. The van der Waals surface area contributed by atoms with Gasteiger partial charge in [0.2, 0.25) is 0 Å². The van der Waals surface area contributed by atoms with Crippen LogP contribution in [0.4, 0.5) is 17.1 Å². The summed E-state index contributed by atoms with van der Waals surface area (Å²) in [6.45, 7) is 0. The van der Waals surface area contributed by atoms with Crippen molar-refractivity contribution in [2.75, 3.05) is 4.90 Å². The highest BCUT2D eigenvalue weighted by molar-refractivity contribution is 6.19. The van der Waals surface area contributed by atoms with E-state index in [0.29, 0.717) is 0 Å². The molecule has 58 heavy (non-hydrogen) atoms. The lowest BCUT2D eigenvalue weighted by Gasteiger charge is -2.28. The molecule has 0 aliphatic carbocycles. The van der Waals surface area contributed by atoms with Gasteiger partial charge >= 0.3 is 0 Å². The molecule has 0 saturated heterocycles. The van der Waals surface area contributed by atoms with Gasteiger partial charge in [-0.25, -0.2) is 0 Å². The molecule has 0 atom stereocenters. The molecule has 0 aliphatic rings. The monoisotopic (exact) mass is 739 g/mol. The summed E-state index contributed by atoms with van der Waals surface area (Å²) < 4.78 is 6.59. The number of rotatable bonds is 7. The minimum atomic E-state index is 0.890. The molecular formula is C56H37NO. The molecule has 0 saturated carbocycles. The maximum absolute atomic E-state index is 6.59. The van der Waals surface area contributed by atoms with Crippen LogP contribution >= 0.6 is 0 Å². The highest BCUT2D eigenvalue weighted by Crippen LogP contribution is 2.44. The summed E-state index contributed by atoms with van der Waals surface area (Å²) in [7, 11) is 0. The molecule has 0 N–H and O–H groups in total. The van der Waals surface area contributed by atoms with Crippen molar-refractivity contribution in [3.8, 4) is 44.5 Å². The molecule has 1 heterocycles. The van der Waals surface area contributed by atoms with Gasteiger partial charge in [-0.05, 0) is 104 Å². The summed E-state index contributed by atoms with van der Waals surface area (Å²) >= 11 is 0. The molecule has 1 aromatic heterocycles. The topological polar surface area (TPSA) is 16.4 Å². The van der Waals surface area contributed by atoms with Gasteiger partial charge in [0, 0.05) is 33.1 Å². The zero-order valence-corrected chi connectivity index (χ0v) is 31.7. The van der Waals surface area contributed by atoms with Crippen LogP contribution in [0.25, 0.3) is 88.0 Å². The predicted octanol–water partition coefficient (Wildman–Crippen LogP) is 16.0. The first-order chi connectivity index (χ1) is 28.7. The Morgan fingerprint density at radius 1 is 0.310 bits per heavy atom. The Kier molecular flexibility index (Phi) is 8.19. The van der Waals surface area contributed by atoms with Crippen molar-refractivity contribution >= 4 is 60.5 Å². The van der Waals surface area contributed by atoms with E-state index in [0.717, 1.165) is 61.1 Å². The highest BCUT2D eigenvalue weighted by atomic mass is 16.3. The lowest BCUT2D eigenvalue weighted by molar-refractivity contribution is 0.673. The summed E-state index contributed by atoms with van der Waals surface area (Å²) in [5.74, 6) is 0. The Balaban J connectivity index is 1.01. The zero-order chi connectivity index (χ0) is 38.4. The average Bonchev–Trinajstić information content (AvgIpc) is 3.70. The van der Waals surface area contributed by atoms with Gasteiger partial charge in [-0.3, -0.25) is 0 Å². The van der Waals surface area contributed by atoms with E-state index in [9.17, 15) is 0 Å². The molecule has 0 bridgehead atoms. The van der Waals surface area contributed by atoms with Crippen LogP contribution in [0.2, 0.25) is 0 Å². The van der Waals surface area contributed by atoms with Crippen LogP contribution in [0.15, 0.2) is 229 Å². The maximum atomic E-state index is 6.59. The number of fused-ring (bicyclic) bond motifs is 6. The van der Waals surface area contributed by atoms with Crippen LogP contribution in [0.5, 0.6) is 0 Å². The van der Waals surface area contributed by atoms with Crippen molar-refractivity contribution in [3.05, 3.63) is 224 Å².